The van der Waals surface area contributed by atoms with Crippen LogP contribution in [0.1, 0.15) is 15.9 Å². The van der Waals surface area contributed by atoms with Gasteiger partial charge in [-0.25, -0.2) is 8.42 Å². The highest BCUT2D eigenvalue weighted by Crippen LogP contribution is 2.32. The van der Waals surface area contributed by atoms with E-state index < -0.39 is 21.8 Å². The number of carbonyl (C=O) groups excluding carboxylic acids is 2. The van der Waals surface area contributed by atoms with Gasteiger partial charge in [-0.05, 0) is 66.2 Å². The Kier molecular flexibility index (Phi) is 6.88. The second-order valence-corrected chi connectivity index (χ2v) is 8.93. The average molecular weight is 496 g/mol. The molecule has 0 aromatic heterocycles. The maximum absolute atomic E-state index is 12.6. The number of nitrogens with one attached hydrogen (secondary N) is 3. The van der Waals surface area contributed by atoms with Crippen molar-refractivity contribution in [3.63, 3.8) is 0 Å². The van der Waals surface area contributed by atoms with Gasteiger partial charge in [0.1, 0.15) is 5.75 Å². The number of ether oxygens (including phenoxy) is 3. The van der Waals surface area contributed by atoms with E-state index in [4.69, 9.17) is 14.2 Å². The van der Waals surface area contributed by atoms with E-state index in [2.05, 4.69) is 15.6 Å². The van der Waals surface area contributed by atoms with Gasteiger partial charge in [0.2, 0.25) is 6.79 Å². The molecule has 10 nitrogen and oxygen atoms in total. The van der Waals surface area contributed by atoms with Crippen LogP contribution in [0.3, 0.4) is 0 Å². The number of hydrogen-bond donors (Lipinski definition) is 3. The van der Waals surface area contributed by atoms with Crippen molar-refractivity contribution in [3.8, 4) is 17.2 Å². The van der Waals surface area contributed by atoms with Crippen LogP contribution in [0.4, 0.5) is 5.69 Å². The van der Waals surface area contributed by atoms with Gasteiger partial charge in [-0.3, -0.25) is 25.2 Å². The lowest BCUT2D eigenvalue weighted by molar-refractivity contribution is -0.117. The molecule has 35 heavy (non-hydrogen) atoms. The van der Waals surface area contributed by atoms with Gasteiger partial charge in [0, 0.05) is 17.3 Å². The van der Waals surface area contributed by atoms with E-state index in [9.17, 15) is 18.0 Å². The van der Waals surface area contributed by atoms with E-state index in [0.29, 0.717) is 34.1 Å². The van der Waals surface area contributed by atoms with E-state index in [-0.39, 0.29) is 11.7 Å². The third-order valence-corrected chi connectivity index (χ3v) is 6.29. The molecule has 3 N–H and O–H groups in total. The SMILES string of the molecule is COc1ccc(NS(=O)(=O)c2ccc(/C=C/C(=O)NNC(=O)c3ccc4c(c3)OCO4)cc2)cc1. The largest absolute Gasteiger partial charge is 0.497 e. The number of sulfonamides is 1. The fourth-order valence-electron chi connectivity index (χ4n) is 3.07. The van der Waals surface area contributed by atoms with Gasteiger partial charge in [-0.2, -0.15) is 0 Å². The van der Waals surface area contributed by atoms with Gasteiger partial charge < -0.3 is 14.2 Å². The highest BCUT2D eigenvalue weighted by molar-refractivity contribution is 7.92. The average Bonchev–Trinajstić information content (AvgIpc) is 3.34. The molecule has 1 aliphatic heterocycles. The van der Waals surface area contributed by atoms with Gasteiger partial charge in [0.15, 0.2) is 11.5 Å². The Morgan fingerprint density at radius 2 is 1.63 bits per heavy atom. The summed E-state index contributed by atoms with van der Waals surface area (Å²) in [6.45, 7) is 0.0913. The van der Waals surface area contributed by atoms with Crippen LogP contribution in [0.2, 0.25) is 0 Å². The highest BCUT2D eigenvalue weighted by atomic mass is 32.2. The maximum atomic E-state index is 12.6. The number of benzene rings is 3. The molecule has 0 aliphatic carbocycles. The summed E-state index contributed by atoms with van der Waals surface area (Å²) in [4.78, 5) is 24.3. The zero-order valence-electron chi connectivity index (χ0n) is 18.5. The van der Waals surface area contributed by atoms with Crippen LogP contribution in [-0.2, 0) is 14.8 Å². The standard InChI is InChI=1S/C24H21N3O7S/c1-32-19-8-6-18(7-9-19)27-35(30,31)20-10-2-16(3-11-20)4-13-23(28)25-26-24(29)17-5-12-21-22(14-17)34-15-33-21/h2-14,27H,15H2,1H3,(H,25,28)(H,26,29)/b13-4+. The van der Waals surface area contributed by atoms with Crippen molar-refractivity contribution in [1.82, 2.24) is 10.9 Å². The summed E-state index contributed by atoms with van der Waals surface area (Å²) in [5.41, 5.74) is 5.86. The van der Waals surface area contributed by atoms with Gasteiger partial charge in [-0.15, -0.1) is 0 Å². The van der Waals surface area contributed by atoms with E-state index >= 15 is 0 Å². The highest BCUT2D eigenvalue weighted by Gasteiger charge is 2.16. The number of carbonyl (C=O) groups is 2. The Morgan fingerprint density at radius 3 is 2.34 bits per heavy atom. The fourth-order valence-corrected chi connectivity index (χ4v) is 4.13. The molecule has 3 aromatic rings. The van der Waals surface area contributed by atoms with Gasteiger partial charge >= 0.3 is 0 Å². The van der Waals surface area contributed by atoms with Crippen LogP contribution in [0.5, 0.6) is 17.2 Å². The summed E-state index contributed by atoms with van der Waals surface area (Å²) in [7, 11) is -2.26. The molecular weight excluding hydrogens is 474 g/mol. The van der Waals surface area contributed by atoms with Crippen LogP contribution in [0, 0.1) is 0 Å². The quantitative estimate of drug-likeness (QED) is 0.339. The molecular formula is C24H21N3O7S. The van der Waals surface area contributed by atoms with Gasteiger partial charge in [0.05, 0.1) is 12.0 Å². The van der Waals surface area contributed by atoms with Crippen molar-refractivity contribution in [2.45, 2.75) is 4.90 Å². The Balaban J connectivity index is 1.31. The number of methoxy groups -OCH3 is 1. The summed E-state index contributed by atoms with van der Waals surface area (Å²) < 4.78 is 43.1. The van der Waals surface area contributed by atoms with Gasteiger partial charge in [-0.1, -0.05) is 12.1 Å². The summed E-state index contributed by atoms with van der Waals surface area (Å²) in [5.74, 6) is 0.513. The summed E-state index contributed by atoms with van der Waals surface area (Å²) >= 11 is 0. The predicted molar refractivity (Wildman–Crippen MR) is 127 cm³/mol. The van der Waals surface area contributed by atoms with Crippen molar-refractivity contribution >= 4 is 33.6 Å². The molecule has 0 fully saturated rings. The number of hydrogen-bond acceptors (Lipinski definition) is 7. The maximum Gasteiger partial charge on any atom is 0.269 e. The first-order valence-electron chi connectivity index (χ1n) is 10.3. The molecule has 11 heteroatoms. The predicted octanol–water partition coefficient (Wildman–Crippen LogP) is 2.70. The molecule has 0 bridgehead atoms. The second kappa shape index (κ2) is 10.2. The molecule has 0 unspecified atom stereocenters. The Bertz CT molecular complexity index is 1370. The number of hydrazine groups is 1. The van der Waals surface area contributed by atoms with Crippen LogP contribution in [-0.4, -0.2) is 34.1 Å². The van der Waals surface area contributed by atoms with Crippen molar-refractivity contribution in [3.05, 3.63) is 83.9 Å². The molecule has 2 amide bonds. The van der Waals surface area contributed by atoms with Crippen molar-refractivity contribution in [2.75, 3.05) is 18.6 Å². The molecule has 3 aromatic carbocycles. The summed E-state index contributed by atoms with van der Waals surface area (Å²) in [6, 6.07) is 17.1. The molecule has 0 atom stereocenters. The van der Waals surface area contributed by atoms with Crippen LogP contribution in [0.15, 0.2) is 77.7 Å². The molecule has 1 aliphatic rings. The number of anilines is 1. The molecule has 0 spiro atoms. The van der Waals surface area contributed by atoms with Crippen molar-refractivity contribution in [2.24, 2.45) is 0 Å². The second-order valence-electron chi connectivity index (χ2n) is 7.25. The lowest BCUT2D eigenvalue weighted by Crippen LogP contribution is -2.40. The molecule has 0 saturated heterocycles. The molecule has 0 saturated carbocycles. The van der Waals surface area contributed by atoms with E-state index in [0.717, 1.165) is 0 Å². The lowest BCUT2D eigenvalue weighted by atomic mass is 10.2. The third-order valence-electron chi connectivity index (χ3n) is 4.89. The van der Waals surface area contributed by atoms with Gasteiger partial charge in [0.25, 0.3) is 21.8 Å². The first-order valence-corrected chi connectivity index (χ1v) is 11.8. The minimum absolute atomic E-state index is 0.0610. The zero-order valence-corrected chi connectivity index (χ0v) is 19.3. The van der Waals surface area contributed by atoms with E-state index in [1.807, 2.05) is 0 Å². The van der Waals surface area contributed by atoms with Crippen molar-refractivity contribution < 1.29 is 32.2 Å². The summed E-state index contributed by atoms with van der Waals surface area (Å²) in [6.07, 6.45) is 2.69. The minimum Gasteiger partial charge on any atom is -0.497 e. The van der Waals surface area contributed by atoms with Crippen molar-refractivity contribution in [1.29, 1.82) is 0 Å². The first kappa shape index (κ1) is 23.6. The molecule has 1 heterocycles. The monoisotopic (exact) mass is 495 g/mol. The Labute approximate surface area is 201 Å². The fraction of sp³-hybridized carbons (Fsp3) is 0.0833. The Hall–Kier alpha value is -4.51. The minimum atomic E-state index is -3.79. The molecule has 4 rings (SSSR count). The lowest BCUT2D eigenvalue weighted by Gasteiger charge is -2.09. The Morgan fingerprint density at radius 1 is 0.914 bits per heavy atom. The smallest absolute Gasteiger partial charge is 0.269 e. The summed E-state index contributed by atoms with van der Waals surface area (Å²) in [5, 5.41) is 0. The molecule has 0 radical (unpaired) electrons. The van der Waals surface area contributed by atoms with E-state index in [1.165, 1.54) is 37.5 Å². The number of fused-ring (bicyclic) bond motifs is 1. The third kappa shape index (κ3) is 5.89. The number of rotatable bonds is 7. The van der Waals surface area contributed by atoms with Crippen LogP contribution >= 0.6 is 0 Å². The topological polar surface area (TPSA) is 132 Å². The van der Waals surface area contributed by atoms with Crippen LogP contribution < -0.4 is 29.8 Å². The number of amides is 2. The normalized spacial score (nSPS) is 12.3. The van der Waals surface area contributed by atoms with Crippen LogP contribution in [0.25, 0.3) is 6.08 Å². The molecule has 180 valence electrons. The van der Waals surface area contributed by atoms with E-state index in [1.54, 1.807) is 48.5 Å². The zero-order chi connectivity index (χ0) is 24.8. The first-order chi connectivity index (χ1) is 16.8.